The van der Waals surface area contributed by atoms with E-state index < -0.39 is 5.51 Å². The molecule has 0 aliphatic heterocycles. The van der Waals surface area contributed by atoms with E-state index in [2.05, 4.69) is 0 Å². The van der Waals surface area contributed by atoms with Crippen LogP contribution in [0, 0.1) is 0 Å². The standard InChI is InChI=1S/C8H6Cl2F3NS/c9-4-1-5(14)3-6(10)7(2-4)15-8(11,12)13/h2-3H,1,14H2. The Labute approximate surface area is 98.8 Å². The second kappa shape index (κ2) is 4.72. The molecule has 84 valence electrons. The maximum atomic E-state index is 12.1. The van der Waals surface area contributed by atoms with Crippen LogP contribution in [0.25, 0.3) is 0 Å². The zero-order valence-corrected chi connectivity index (χ0v) is 9.57. The zero-order chi connectivity index (χ0) is 11.6. The lowest BCUT2D eigenvalue weighted by Gasteiger charge is -2.06. The predicted octanol–water partition coefficient (Wildman–Crippen LogP) is 4.06. The van der Waals surface area contributed by atoms with E-state index in [4.69, 9.17) is 28.9 Å². The molecule has 0 radical (unpaired) electrons. The van der Waals surface area contributed by atoms with E-state index in [9.17, 15) is 13.2 Å². The van der Waals surface area contributed by atoms with Gasteiger partial charge in [0.15, 0.2) is 0 Å². The minimum Gasteiger partial charge on any atom is -0.402 e. The first kappa shape index (κ1) is 12.8. The third-order valence-electron chi connectivity index (χ3n) is 1.43. The number of allylic oxidation sites excluding steroid dienone is 4. The number of halogens is 5. The van der Waals surface area contributed by atoms with Gasteiger partial charge in [-0.2, -0.15) is 13.2 Å². The van der Waals surface area contributed by atoms with Crippen molar-refractivity contribution in [3.05, 3.63) is 32.8 Å². The molecular weight excluding hydrogens is 270 g/mol. The van der Waals surface area contributed by atoms with Gasteiger partial charge in [-0.1, -0.05) is 23.2 Å². The van der Waals surface area contributed by atoms with Gasteiger partial charge in [-0.15, -0.1) is 0 Å². The predicted molar refractivity (Wildman–Crippen MR) is 57.3 cm³/mol. The number of alkyl halides is 3. The van der Waals surface area contributed by atoms with Crippen LogP contribution in [0.1, 0.15) is 6.42 Å². The van der Waals surface area contributed by atoms with Crippen LogP contribution in [0.2, 0.25) is 0 Å². The number of hydrogen-bond donors (Lipinski definition) is 1. The molecule has 0 aromatic heterocycles. The minimum absolute atomic E-state index is 0.0505. The van der Waals surface area contributed by atoms with Crippen molar-refractivity contribution >= 4 is 35.0 Å². The average Bonchev–Trinajstić information content (AvgIpc) is 2.07. The van der Waals surface area contributed by atoms with Gasteiger partial charge in [0, 0.05) is 22.1 Å². The summed E-state index contributed by atoms with van der Waals surface area (Å²) in [6.45, 7) is 0. The van der Waals surface area contributed by atoms with E-state index in [1.54, 1.807) is 0 Å². The zero-order valence-electron chi connectivity index (χ0n) is 7.24. The van der Waals surface area contributed by atoms with Crippen LogP contribution in [0.15, 0.2) is 32.8 Å². The normalized spacial score (nSPS) is 18.5. The number of rotatable bonds is 1. The lowest BCUT2D eigenvalue weighted by atomic mass is 10.3. The van der Waals surface area contributed by atoms with Crippen molar-refractivity contribution < 1.29 is 13.2 Å². The topological polar surface area (TPSA) is 26.0 Å². The first-order valence-electron chi connectivity index (χ1n) is 3.75. The van der Waals surface area contributed by atoms with E-state index in [0.717, 1.165) is 0 Å². The van der Waals surface area contributed by atoms with Gasteiger partial charge < -0.3 is 5.73 Å². The summed E-state index contributed by atoms with van der Waals surface area (Å²) in [7, 11) is 0. The van der Waals surface area contributed by atoms with Crippen LogP contribution < -0.4 is 5.73 Å². The molecule has 2 N–H and O–H groups in total. The molecule has 0 aromatic carbocycles. The summed E-state index contributed by atoms with van der Waals surface area (Å²) in [5.41, 5.74) is 1.41. The van der Waals surface area contributed by atoms with Gasteiger partial charge in [0.1, 0.15) is 0 Å². The molecule has 0 saturated heterocycles. The highest BCUT2D eigenvalue weighted by Crippen LogP contribution is 2.41. The summed E-state index contributed by atoms with van der Waals surface area (Å²) in [6.07, 6.45) is 2.67. The molecule has 15 heavy (non-hydrogen) atoms. The first-order valence-corrected chi connectivity index (χ1v) is 5.33. The maximum absolute atomic E-state index is 12.1. The molecule has 0 fully saturated rings. The number of thioether (sulfide) groups is 1. The molecule has 7 heteroatoms. The van der Waals surface area contributed by atoms with E-state index in [1.165, 1.54) is 12.2 Å². The second-order valence-electron chi connectivity index (χ2n) is 2.75. The van der Waals surface area contributed by atoms with Gasteiger partial charge in [0.25, 0.3) is 0 Å². The van der Waals surface area contributed by atoms with Gasteiger partial charge in [-0.25, -0.2) is 0 Å². The fourth-order valence-electron chi connectivity index (χ4n) is 0.945. The quantitative estimate of drug-likeness (QED) is 0.781. The Balaban J connectivity index is 3.03. The maximum Gasteiger partial charge on any atom is 0.446 e. The van der Waals surface area contributed by atoms with Crippen LogP contribution in [0.5, 0.6) is 0 Å². The SMILES string of the molecule is NC1=CC(Cl)=C(SC(F)(F)F)C=C(Cl)C1. The Morgan fingerprint density at radius 1 is 1.27 bits per heavy atom. The van der Waals surface area contributed by atoms with Crippen molar-refractivity contribution in [3.8, 4) is 0 Å². The van der Waals surface area contributed by atoms with Crippen molar-refractivity contribution in [2.24, 2.45) is 5.73 Å². The molecule has 1 aliphatic rings. The highest BCUT2D eigenvalue weighted by atomic mass is 35.5. The van der Waals surface area contributed by atoms with Crippen LogP contribution >= 0.6 is 35.0 Å². The highest BCUT2D eigenvalue weighted by molar-refractivity contribution is 8.04. The summed E-state index contributed by atoms with van der Waals surface area (Å²) in [4.78, 5) is -0.144. The first-order chi connectivity index (χ1) is 6.78. The van der Waals surface area contributed by atoms with E-state index >= 15 is 0 Å². The Bertz CT molecular complexity index is 357. The summed E-state index contributed by atoms with van der Waals surface area (Å²) < 4.78 is 36.3. The summed E-state index contributed by atoms with van der Waals surface area (Å²) in [5, 5.41) is 0.177. The molecule has 0 saturated carbocycles. The summed E-state index contributed by atoms with van der Waals surface area (Å²) in [6, 6.07) is 0. The Hall–Kier alpha value is -0.260. The Kier molecular flexibility index (Phi) is 4.03. The van der Waals surface area contributed by atoms with Crippen LogP contribution in [-0.2, 0) is 0 Å². The van der Waals surface area contributed by atoms with Crippen LogP contribution in [-0.4, -0.2) is 5.51 Å². The third-order valence-corrected chi connectivity index (χ3v) is 2.89. The molecule has 0 aromatic rings. The van der Waals surface area contributed by atoms with Crippen LogP contribution in [0.4, 0.5) is 13.2 Å². The van der Waals surface area contributed by atoms with Gasteiger partial charge in [0.2, 0.25) is 0 Å². The molecule has 1 nitrogen and oxygen atoms in total. The molecule has 0 unspecified atom stereocenters. The van der Waals surface area contributed by atoms with Crippen molar-refractivity contribution in [2.45, 2.75) is 11.9 Å². The molecule has 0 bridgehead atoms. The molecule has 0 heterocycles. The Morgan fingerprint density at radius 2 is 1.87 bits per heavy atom. The largest absolute Gasteiger partial charge is 0.446 e. The molecule has 0 atom stereocenters. The van der Waals surface area contributed by atoms with Gasteiger partial charge in [0.05, 0.1) is 5.03 Å². The summed E-state index contributed by atoms with van der Waals surface area (Å²) in [5.74, 6) is 0. The number of hydrogen-bond acceptors (Lipinski definition) is 2. The molecular formula is C8H6Cl2F3NS. The van der Waals surface area contributed by atoms with E-state index in [0.29, 0.717) is 5.70 Å². The van der Waals surface area contributed by atoms with Crippen molar-refractivity contribution in [1.29, 1.82) is 0 Å². The fourth-order valence-corrected chi connectivity index (χ4v) is 2.19. The minimum atomic E-state index is -4.39. The van der Waals surface area contributed by atoms with Crippen LogP contribution in [0.3, 0.4) is 0 Å². The monoisotopic (exact) mass is 275 g/mol. The second-order valence-corrected chi connectivity index (χ2v) is 4.75. The Morgan fingerprint density at radius 3 is 2.40 bits per heavy atom. The van der Waals surface area contributed by atoms with Crippen molar-refractivity contribution in [1.82, 2.24) is 0 Å². The fraction of sp³-hybridized carbons (Fsp3) is 0.250. The lowest BCUT2D eigenvalue weighted by molar-refractivity contribution is -0.0321. The number of nitrogens with two attached hydrogens (primary N) is 1. The molecule has 0 spiro atoms. The molecule has 1 rings (SSSR count). The smallest absolute Gasteiger partial charge is 0.402 e. The van der Waals surface area contributed by atoms with E-state index in [1.807, 2.05) is 0 Å². The average molecular weight is 276 g/mol. The molecule has 1 aliphatic carbocycles. The third kappa shape index (κ3) is 4.40. The lowest BCUT2D eigenvalue weighted by Crippen LogP contribution is -2.00. The summed E-state index contributed by atoms with van der Waals surface area (Å²) >= 11 is 11.0. The van der Waals surface area contributed by atoms with E-state index in [-0.39, 0.29) is 33.2 Å². The van der Waals surface area contributed by atoms with Crippen molar-refractivity contribution in [2.75, 3.05) is 0 Å². The van der Waals surface area contributed by atoms with Gasteiger partial charge in [-0.3, -0.25) is 0 Å². The van der Waals surface area contributed by atoms with Gasteiger partial charge >= 0.3 is 5.51 Å². The molecule has 0 amide bonds. The van der Waals surface area contributed by atoms with Crippen molar-refractivity contribution in [3.63, 3.8) is 0 Å². The van der Waals surface area contributed by atoms with Gasteiger partial charge in [-0.05, 0) is 23.9 Å². The highest BCUT2D eigenvalue weighted by Gasteiger charge is 2.31.